The molecule has 5 rings (SSSR count). The van der Waals surface area contributed by atoms with E-state index in [0.717, 1.165) is 0 Å². The molecule has 1 aromatic heterocycles. The number of rotatable bonds is 5. The summed E-state index contributed by atoms with van der Waals surface area (Å²) in [7, 11) is 1.21. The fourth-order valence-corrected chi connectivity index (χ4v) is 8.81. The van der Waals surface area contributed by atoms with E-state index in [-0.39, 0.29) is 0 Å². The van der Waals surface area contributed by atoms with Gasteiger partial charge in [0.2, 0.25) is 0 Å². The number of carbonyl (C=O) groups excluding carboxylic acids is 3. The number of fused-ring (bicyclic) bond motifs is 1. The SMILES string of the molecule is COC(=O)CC(O)[C@]1(C)[C@H]2CC[C@@]3(C)[C@H](c4ccoc4)OC(=O)[C@H]4O[C@]43[C@]2(C)C(O)C(=O)[C@H]1C(C)(C)O. The van der Waals surface area contributed by atoms with E-state index in [1.54, 1.807) is 19.9 Å². The molecule has 4 aliphatic rings. The average Bonchev–Trinajstić information content (AvgIpc) is 3.39. The summed E-state index contributed by atoms with van der Waals surface area (Å²) in [5, 5.41) is 34.5. The topological polar surface area (TPSA) is 156 Å². The molecule has 3 N–H and O–H groups in total. The third-order valence-corrected chi connectivity index (χ3v) is 10.3. The third-order valence-electron chi connectivity index (χ3n) is 10.3. The number of esters is 2. The Morgan fingerprint density at radius 2 is 1.92 bits per heavy atom. The van der Waals surface area contributed by atoms with E-state index < -0.39 is 87.8 Å². The van der Waals surface area contributed by atoms with Gasteiger partial charge in [-0.2, -0.15) is 0 Å². The maximum atomic E-state index is 14.0. The molecule has 1 spiro atoms. The first-order chi connectivity index (χ1) is 17.1. The molecule has 2 unspecified atom stereocenters. The first-order valence-electron chi connectivity index (χ1n) is 12.7. The van der Waals surface area contributed by atoms with Gasteiger partial charge in [-0.3, -0.25) is 9.59 Å². The molecule has 10 nitrogen and oxygen atoms in total. The van der Waals surface area contributed by atoms with Crippen LogP contribution in [0.25, 0.3) is 0 Å². The van der Waals surface area contributed by atoms with Crippen molar-refractivity contribution in [3.05, 3.63) is 24.2 Å². The molecule has 204 valence electrons. The molecule has 1 aromatic rings. The van der Waals surface area contributed by atoms with Crippen molar-refractivity contribution in [2.24, 2.45) is 28.1 Å². The molecule has 4 fully saturated rings. The Labute approximate surface area is 215 Å². The van der Waals surface area contributed by atoms with Gasteiger partial charge in [0.25, 0.3) is 0 Å². The Morgan fingerprint density at radius 3 is 2.49 bits per heavy atom. The van der Waals surface area contributed by atoms with Crippen molar-refractivity contribution < 1.29 is 48.3 Å². The molecule has 0 aromatic carbocycles. The summed E-state index contributed by atoms with van der Waals surface area (Å²) in [4.78, 5) is 39.4. The molecule has 2 saturated heterocycles. The number of Topliss-reactive ketones (excluding diaryl/α,β-unsaturated/α-hetero) is 1. The summed E-state index contributed by atoms with van der Waals surface area (Å²) in [6.07, 6.45) is -1.26. The van der Waals surface area contributed by atoms with E-state index in [2.05, 4.69) is 0 Å². The largest absolute Gasteiger partial charge is 0.472 e. The van der Waals surface area contributed by atoms with Crippen LogP contribution in [0.5, 0.6) is 0 Å². The number of hydrogen-bond donors (Lipinski definition) is 3. The predicted octanol–water partition coefficient (Wildman–Crippen LogP) is 1.70. The van der Waals surface area contributed by atoms with Crippen LogP contribution in [0.2, 0.25) is 0 Å². The fourth-order valence-electron chi connectivity index (χ4n) is 8.81. The maximum Gasteiger partial charge on any atom is 0.339 e. The van der Waals surface area contributed by atoms with Crippen LogP contribution >= 0.6 is 0 Å². The summed E-state index contributed by atoms with van der Waals surface area (Å²) < 4.78 is 22.2. The number of hydrogen-bond acceptors (Lipinski definition) is 10. The zero-order chi connectivity index (χ0) is 27.3. The highest BCUT2D eigenvalue weighted by Crippen LogP contribution is 2.78. The van der Waals surface area contributed by atoms with Gasteiger partial charge in [0, 0.05) is 21.8 Å². The Hall–Kier alpha value is -2.27. The molecule has 2 aliphatic carbocycles. The summed E-state index contributed by atoms with van der Waals surface area (Å²) in [5.41, 5.74) is -5.82. The molecule has 2 saturated carbocycles. The Bertz CT molecular complexity index is 1120. The van der Waals surface area contributed by atoms with E-state index in [9.17, 15) is 29.7 Å². The van der Waals surface area contributed by atoms with Gasteiger partial charge in [-0.25, -0.2) is 4.79 Å². The average molecular weight is 521 g/mol. The van der Waals surface area contributed by atoms with E-state index in [4.69, 9.17) is 18.6 Å². The zero-order valence-corrected chi connectivity index (χ0v) is 22.0. The highest BCUT2D eigenvalue weighted by Gasteiger charge is 2.89. The van der Waals surface area contributed by atoms with Crippen molar-refractivity contribution in [3.8, 4) is 0 Å². The normalized spacial score (nSPS) is 45.7. The van der Waals surface area contributed by atoms with Crippen LogP contribution in [0.4, 0.5) is 0 Å². The smallest absolute Gasteiger partial charge is 0.339 e. The minimum Gasteiger partial charge on any atom is -0.472 e. The van der Waals surface area contributed by atoms with Crippen LogP contribution in [0.3, 0.4) is 0 Å². The lowest BCUT2D eigenvalue weighted by molar-refractivity contribution is -0.263. The van der Waals surface area contributed by atoms with E-state index >= 15 is 0 Å². The summed E-state index contributed by atoms with van der Waals surface area (Å²) in [5.74, 6) is -3.73. The van der Waals surface area contributed by atoms with Crippen LogP contribution in [0, 0.1) is 28.1 Å². The van der Waals surface area contributed by atoms with Crippen LogP contribution in [-0.2, 0) is 28.6 Å². The summed E-state index contributed by atoms with van der Waals surface area (Å²) in [6.45, 7) is 8.26. The molecule has 10 heteroatoms. The molecular weight excluding hydrogens is 484 g/mol. The van der Waals surface area contributed by atoms with Crippen molar-refractivity contribution in [2.75, 3.05) is 7.11 Å². The van der Waals surface area contributed by atoms with E-state index in [1.165, 1.54) is 33.5 Å². The van der Waals surface area contributed by atoms with Gasteiger partial charge in [-0.05, 0) is 38.7 Å². The van der Waals surface area contributed by atoms with Crippen LogP contribution < -0.4 is 0 Å². The van der Waals surface area contributed by atoms with Gasteiger partial charge >= 0.3 is 11.9 Å². The highest BCUT2D eigenvalue weighted by molar-refractivity contribution is 5.91. The van der Waals surface area contributed by atoms with Gasteiger partial charge in [-0.15, -0.1) is 0 Å². The van der Waals surface area contributed by atoms with Crippen molar-refractivity contribution in [1.29, 1.82) is 0 Å². The number of ether oxygens (including phenoxy) is 3. The van der Waals surface area contributed by atoms with Gasteiger partial charge in [-0.1, -0.05) is 20.8 Å². The van der Waals surface area contributed by atoms with Crippen molar-refractivity contribution >= 4 is 17.7 Å². The van der Waals surface area contributed by atoms with Crippen molar-refractivity contribution in [1.82, 2.24) is 0 Å². The van der Waals surface area contributed by atoms with Gasteiger partial charge in [0.15, 0.2) is 11.9 Å². The molecular formula is C27H36O10. The fraction of sp³-hybridized carbons (Fsp3) is 0.741. The second kappa shape index (κ2) is 7.88. The molecule has 2 aliphatic heterocycles. The van der Waals surface area contributed by atoms with Crippen LogP contribution in [0.1, 0.15) is 65.5 Å². The number of aliphatic hydroxyl groups is 3. The number of cyclic esters (lactones) is 1. The molecule has 10 atom stereocenters. The van der Waals surface area contributed by atoms with E-state index in [1.807, 2.05) is 6.92 Å². The molecule has 0 radical (unpaired) electrons. The standard InChI is InChI=1S/C27H36O10/c1-23(2,33)18-17(30)19(31)26(5)14(25(18,4)15(28)11-16(29)34-6)7-9-24(3)20(13-8-10-35-12-13)36-22(32)21-27(24,26)37-21/h8,10,12,14-15,18-21,28,31,33H,7,9,11H2,1-6H3/t14-,15?,18+,19?,20+,21-,24+,25+,26+,27-/m1/s1. The Kier molecular flexibility index (Phi) is 5.61. The van der Waals surface area contributed by atoms with Crippen LogP contribution in [-0.4, -0.2) is 69.7 Å². The lowest BCUT2D eigenvalue weighted by Crippen LogP contribution is -2.76. The number of furan rings is 1. The number of epoxide rings is 1. The van der Waals surface area contributed by atoms with E-state index in [0.29, 0.717) is 18.4 Å². The quantitative estimate of drug-likeness (QED) is 0.386. The lowest BCUT2D eigenvalue weighted by atomic mass is 9.36. The first kappa shape index (κ1) is 26.3. The van der Waals surface area contributed by atoms with Gasteiger partial charge < -0.3 is 33.9 Å². The monoisotopic (exact) mass is 520 g/mol. The number of ketones is 1. The number of carbonyl (C=O) groups is 3. The predicted molar refractivity (Wildman–Crippen MR) is 126 cm³/mol. The minimum atomic E-state index is -1.63. The second-order valence-corrected chi connectivity index (χ2v) is 12.5. The lowest BCUT2D eigenvalue weighted by Gasteiger charge is -2.67. The zero-order valence-electron chi connectivity index (χ0n) is 22.0. The van der Waals surface area contributed by atoms with Gasteiger partial charge in [0.1, 0.15) is 17.8 Å². The first-order valence-corrected chi connectivity index (χ1v) is 12.7. The molecule has 37 heavy (non-hydrogen) atoms. The summed E-state index contributed by atoms with van der Waals surface area (Å²) >= 11 is 0. The second-order valence-electron chi connectivity index (χ2n) is 12.5. The maximum absolute atomic E-state index is 14.0. The van der Waals surface area contributed by atoms with Gasteiger partial charge in [0.05, 0.1) is 43.7 Å². The molecule has 3 heterocycles. The third kappa shape index (κ3) is 3.04. The van der Waals surface area contributed by atoms with Crippen LogP contribution in [0.15, 0.2) is 23.0 Å². The van der Waals surface area contributed by atoms with Crippen molar-refractivity contribution in [3.63, 3.8) is 0 Å². The molecule has 0 bridgehead atoms. The Morgan fingerprint density at radius 1 is 1.24 bits per heavy atom. The van der Waals surface area contributed by atoms with Crippen molar-refractivity contribution in [2.45, 2.75) is 89.5 Å². The number of methoxy groups -OCH3 is 1. The minimum absolute atomic E-state index is 0.399. The summed E-state index contributed by atoms with van der Waals surface area (Å²) in [6, 6.07) is 1.71. The molecule has 0 amide bonds. The Balaban J connectivity index is 1.70. The highest BCUT2D eigenvalue weighted by atomic mass is 16.7. The number of aliphatic hydroxyl groups excluding tert-OH is 2.